The zero-order valence-corrected chi connectivity index (χ0v) is 17.6. The molecule has 0 saturated carbocycles. The molecule has 0 aliphatic rings. The van der Waals surface area contributed by atoms with Crippen molar-refractivity contribution in [2.45, 2.75) is 25.7 Å². The highest BCUT2D eigenvalue weighted by atomic mass is 32.2. The predicted octanol–water partition coefficient (Wildman–Crippen LogP) is 5.59. The van der Waals surface area contributed by atoms with E-state index in [2.05, 4.69) is 10.6 Å². The molecule has 0 bridgehead atoms. The zero-order valence-electron chi connectivity index (χ0n) is 16.8. The first-order chi connectivity index (χ1) is 13.9. The number of hydrogen-bond donors (Lipinski definition) is 2. The molecular formula is C24H24N2O2S. The van der Waals surface area contributed by atoms with E-state index in [9.17, 15) is 9.59 Å². The molecule has 0 heterocycles. The summed E-state index contributed by atoms with van der Waals surface area (Å²) in [4.78, 5) is 25.8. The molecule has 0 aliphatic carbocycles. The Kier molecular flexibility index (Phi) is 6.73. The number of benzene rings is 3. The van der Waals surface area contributed by atoms with Gasteiger partial charge < -0.3 is 10.6 Å². The van der Waals surface area contributed by atoms with Crippen molar-refractivity contribution in [2.24, 2.45) is 0 Å². The van der Waals surface area contributed by atoms with Crippen LogP contribution in [0.2, 0.25) is 0 Å². The van der Waals surface area contributed by atoms with Crippen molar-refractivity contribution in [3.63, 3.8) is 0 Å². The molecule has 0 radical (unpaired) electrons. The molecule has 3 rings (SSSR count). The van der Waals surface area contributed by atoms with Gasteiger partial charge in [0.25, 0.3) is 5.91 Å². The van der Waals surface area contributed by atoms with Crippen LogP contribution in [0.3, 0.4) is 0 Å². The van der Waals surface area contributed by atoms with Crippen LogP contribution in [0.4, 0.5) is 11.4 Å². The van der Waals surface area contributed by atoms with Crippen LogP contribution >= 0.6 is 11.8 Å². The molecule has 5 heteroatoms. The van der Waals surface area contributed by atoms with Crippen LogP contribution in [0.15, 0.2) is 71.6 Å². The Balaban J connectivity index is 1.61. The van der Waals surface area contributed by atoms with E-state index in [4.69, 9.17) is 0 Å². The van der Waals surface area contributed by atoms with Gasteiger partial charge in [0.15, 0.2) is 0 Å². The molecule has 0 saturated heterocycles. The maximum Gasteiger partial charge on any atom is 0.255 e. The van der Waals surface area contributed by atoms with E-state index >= 15 is 0 Å². The Morgan fingerprint density at radius 1 is 0.793 bits per heavy atom. The molecule has 148 valence electrons. The average Bonchev–Trinajstić information content (AvgIpc) is 2.70. The summed E-state index contributed by atoms with van der Waals surface area (Å²) in [6, 6.07) is 21.0. The largest absolute Gasteiger partial charge is 0.325 e. The topological polar surface area (TPSA) is 58.2 Å². The maximum atomic E-state index is 12.5. The summed E-state index contributed by atoms with van der Waals surface area (Å²) < 4.78 is 0. The number of thioether (sulfide) groups is 1. The van der Waals surface area contributed by atoms with Gasteiger partial charge in [-0.2, -0.15) is 0 Å². The van der Waals surface area contributed by atoms with Crippen LogP contribution in [0, 0.1) is 20.8 Å². The van der Waals surface area contributed by atoms with Gasteiger partial charge in [0.1, 0.15) is 0 Å². The van der Waals surface area contributed by atoms with Gasteiger partial charge in [-0.25, -0.2) is 0 Å². The minimum absolute atomic E-state index is 0.0539. The molecule has 0 atom stereocenters. The highest BCUT2D eigenvalue weighted by molar-refractivity contribution is 8.00. The van der Waals surface area contributed by atoms with Crippen molar-refractivity contribution in [3.05, 3.63) is 89.0 Å². The van der Waals surface area contributed by atoms with E-state index in [0.29, 0.717) is 17.0 Å². The van der Waals surface area contributed by atoms with Gasteiger partial charge in [-0.05, 0) is 61.7 Å². The fourth-order valence-electron chi connectivity index (χ4n) is 3.03. The lowest BCUT2D eigenvalue weighted by Gasteiger charge is -2.12. The first-order valence-corrected chi connectivity index (χ1v) is 10.4. The summed E-state index contributed by atoms with van der Waals surface area (Å²) in [5.74, 6) is 0.1000. The molecule has 3 aromatic rings. The summed E-state index contributed by atoms with van der Waals surface area (Å²) in [6.07, 6.45) is 0. The molecule has 0 unspecified atom stereocenters. The molecule has 0 fully saturated rings. The van der Waals surface area contributed by atoms with Crippen LogP contribution in [0.25, 0.3) is 0 Å². The van der Waals surface area contributed by atoms with Crippen LogP contribution in [0.5, 0.6) is 0 Å². The molecule has 4 nitrogen and oxygen atoms in total. The number of aryl methyl sites for hydroxylation is 3. The second kappa shape index (κ2) is 9.43. The predicted molar refractivity (Wildman–Crippen MR) is 121 cm³/mol. The van der Waals surface area contributed by atoms with Crippen LogP contribution in [0.1, 0.15) is 27.0 Å². The molecule has 29 heavy (non-hydrogen) atoms. The molecule has 2 N–H and O–H groups in total. The summed E-state index contributed by atoms with van der Waals surface area (Å²) >= 11 is 1.44. The van der Waals surface area contributed by atoms with Gasteiger partial charge in [-0.1, -0.05) is 42.5 Å². The molecule has 3 aromatic carbocycles. The summed E-state index contributed by atoms with van der Waals surface area (Å²) in [6.45, 7) is 5.88. The highest BCUT2D eigenvalue weighted by Crippen LogP contribution is 2.24. The van der Waals surface area contributed by atoms with E-state index in [1.807, 2.05) is 81.4 Å². The monoisotopic (exact) mass is 404 g/mol. The Labute approximate surface area is 175 Å². The number of carbonyl (C=O) groups excluding carboxylic acids is 2. The van der Waals surface area contributed by atoms with E-state index in [1.165, 1.54) is 11.8 Å². The van der Waals surface area contributed by atoms with Gasteiger partial charge >= 0.3 is 0 Å². The fraction of sp³-hybridized carbons (Fsp3) is 0.167. The Hall–Kier alpha value is -3.05. The average molecular weight is 405 g/mol. The van der Waals surface area contributed by atoms with E-state index < -0.39 is 0 Å². The first-order valence-electron chi connectivity index (χ1n) is 9.40. The minimum atomic E-state index is -0.141. The van der Waals surface area contributed by atoms with Crippen molar-refractivity contribution < 1.29 is 9.59 Å². The third-order valence-corrected chi connectivity index (χ3v) is 5.59. The minimum Gasteiger partial charge on any atom is -0.325 e. The number of rotatable bonds is 6. The number of anilines is 2. The summed E-state index contributed by atoms with van der Waals surface area (Å²) in [5.41, 5.74) is 5.25. The van der Waals surface area contributed by atoms with Crippen molar-refractivity contribution in [1.82, 2.24) is 0 Å². The van der Waals surface area contributed by atoms with Gasteiger partial charge in [0.2, 0.25) is 5.91 Å². The second-order valence-electron chi connectivity index (χ2n) is 6.90. The van der Waals surface area contributed by atoms with E-state index in [-0.39, 0.29) is 11.8 Å². The van der Waals surface area contributed by atoms with Crippen LogP contribution in [-0.2, 0) is 4.79 Å². The van der Waals surface area contributed by atoms with Gasteiger partial charge in [-0.3, -0.25) is 9.59 Å². The fourth-order valence-corrected chi connectivity index (χ4v) is 3.78. The summed E-state index contributed by atoms with van der Waals surface area (Å²) in [7, 11) is 0. The lowest BCUT2D eigenvalue weighted by Crippen LogP contribution is -2.15. The van der Waals surface area contributed by atoms with Crippen LogP contribution < -0.4 is 10.6 Å². The number of carbonyl (C=O) groups is 2. The number of para-hydroxylation sites is 1. The van der Waals surface area contributed by atoms with Gasteiger partial charge in [-0.15, -0.1) is 11.8 Å². The second-order valence-corrected chi connectivity index (χ2v) is 7.95. The lowest BCUT2D eigenvalue weighted by molar-refractivity contribution is -0.113. The normalized spacial score (nSPS) is 10.4. The zero-order chi connectivity index (χ0) is 20.8. The van der Waals surface area contributed by atoms with Crippen molar-refractivity contribution >= 4 is 35.0 Å². The first kappa shape index (κ1) is 20.7. The van der Waals surface area contributed by atoms with E-state index in [1.54, 1.807) is 6.07 Å². The Morgan fingerprint density at radius 3 is 2.17 bits per heavy atom. The van der Waals surface area contributed by atoms with Gasteiger partial charge in [0, 0.05) is 21.8 Å². The number of amides is 2. The SMILES string of the molecule is Cc1ccccc1C(=O)Nc1cccc(SCC(=O)Nc2c(C)cccc2C)c1. The molecule has 0 aromatic heterocycles. The van der Waals surface area contributed by atoms with Crippen molar-refractivity contribution in [2.75, 3.05) is 16.4 Å². The lowest BCUT2D eigenvalue weighted by atomic mass is 10.1. The smallest absolute Gasteiger partial charge is 0.255 e. The molecular weight excluding hydrogens is 380 g/mol. The number of nitrogens with one attached hydrogen (secondary N) is 2. The third kappa shape index (κ3) is 5.48. The molecule has 0 aliphatic heterocycles. The van der Waals surface area contributed by atoms with Crippen molar-refractivity contribution in [3.8, 4) is 0 Å². The molecule has 2 amide bonds. The maximum absolute atomic E-state index is 12.5. The number of hydrogen-bond acceptors (Lipinski definition) is 3. The Morgan fingerprint density at radius 2 is 1.45 bits per heavy atom. The van der Waals surface area contributed by atoms with Crippen molar-refractivity contribution in [1.29, 1.82) is 0 Å². The van der Waals surface area contributed by atoms with Crippen LogP contribution in [-0.4, -0.2) is 17.6 Å². The highest BCUT2D eigenvalue weighted by Gasteiger charge is 2.10. The molecule has 0 spiro atoms. The van der Waals surface area contributed by atoms with Gasteiger partial charge in [0.05, 0.1) is 5.75 Å². The van der Waals surface area contributed by atoms with E-state index in [0.717, 1.165) is 27.3 Å². The standard InChI is InChI=1S/C24H24N2O2S/c1-16-8-4-5-13-21(16)24(28)25-19-11-7-12-20(14-19)29-15-22(27)26-23-17(2)9-6-10-18(23)3/h4-14H,15H2,1-3H3,(H,25,28)(H,26,27). The quantitative estimate of drug-likeness (QED) is 0.526. The Bertz CT molecular complexity index is 1030. The third-order valence-electron chi connectivity index (χ3n) is 4.60. The summed E-state index contributed by atoms with van der Waals surface area (Å²) in [5, 5.41) is 5.92.